The van der Waals surface area contributed by atoms with Crippen molar-refractivity contribution >= 4 is 5.91 Å². The lowest BCUT2D eigenvalue weighted by atomic mass is 9.93. The van der Waals surface area contributed by atoms with Gasteiger partial charge in [-0.15, -0.1) is 0 Å². The Hall–Kier alpha value is -0.570. The highest BCUT2D eigenvalue weighted by Crippen LogP contribution is 2.67. The van der Waals surface area contributed by atoms with Crippen LogP contribution in [-0.4, -0.2) is 24.5 Å². The molecule has 104 valence electrons. The van der Waals surface area contributed by atoms with Gasteiger partial charge in [-0.3, -0.25) is 4.79 Å². The van der Waals surface area contributed by atoms with E-state index < -0.39 is 0 Å². The van der Waals surface area contributed by atoms with Crippen LogP contribution in [-0.2, 0) is 4.79 Å². The van der Waals surface area contributed by atoms with Crippen molar-refractivity contribution in [1.82, 2.24) is 10.6 Å². The Morgan fingerprint density at radius 2 is 1.89 bits per heavy atom. The number of rotatable bonds is 4. The van der Waals surface area contributed by atoms with Gasteiger partial charge in [0.2, 0.25) is 5.91 Å². The summed E-state index contributed by atoms with van der Waals surface area (Å²) in [7, 11) is 0. The molecule has 0 aromatic carbocycles. The second kappa shape index (κ2) is 4.22. The van der Waals surface area contributed by atoms with Gasteiger partial charge in [0.25, 0.3) is 0 Å². The first kappa shape index (κ1) is 13.9. The highest BCUT2D eigenvalue weighted by atomic mass is 16.2. The van der Waals surface area contributed by atoms with Crippen LogP contribution in [0.25, 0.3) is 0 Å². The third-order valence-electron chi connectivity index (χ3n) is 6.07. The van der Waals surface area contributed by atoms with Gasteiger partial charge in [-0.25, -0.2) is 0 Å². The number of carbonyl (C=O) groups is 1. The van der Waals surface area contributed by atoms with Gasteiger partial charge in [0, 0.05) is 6.54 Å². The van der Waals surface area contributed by atoms with Crippen LogP contribution in [0.4, 0.5) is 0 Å². The highest BCUT2D eigenvalue weighted by Gasteiger charge is 2.64. The predicted molar refractivity (Wildman–Crippen MR) is 74.3 cm³/mol. The van der Waals surface area contributed by atoms with Crippen molar-refractivity contribution in [1.29, 1.82) is 0 Å². The monoisotopic (exact) mass is 252 g/mol. The Balaban J connectivity index is 1.90. The van der Waals surface area contributed by atoms with Crippen molar-refractivity contribution in [3.8, 4) is 0 Å². The smallest absolute Gasteiger partial charge is 0.240 e. The fraction of sp³-hybridized carbons (Fsp3) is 0.933. The van der Waals surface area contributed by atoms with E-state index >= 15 is 0 Å². The van der Waals surface area contributed by atoms with E-state index in [-0.39, 0.29) is 11.4 Å². The molecule has 1 amide bonds. The van der Waals surface area contributed by atoms with Crippen molar-refractivity contribution < 1.29 is 4.79 Å². The minimum atomic E-state index is -0.289. The molecular formula is C15H28N2O. The molecule has 2 rings (SSSR count). The molecule has 2 aliphatic rings. The van der Waals surface area contributed by atoms with Gasteiger partial charge in [0.05, 0.1) is 5.54 Å². The van der Waals surface area contributed by atoms with E-state index in [4.69, 9.17) is 0 Å². The van der Waals surface area contributed by atoms with E-state index in [1.807, 2.05) is 0 Å². The van der Waals surface area contributed by atoms with Gasteiger partial charge in [-0.2, -0.15) is 0 Å². The number of nitrogens with one attached hydrogen (secondary N) is 2. The van der Waals surface area contributed by atoms with Crippen LogP contribution in [0.15, 0.2) is 0 Å². The van der Waals surface area contributed by atoms with Crippen LogP contribution in [0.2, 0.25) is 0 Å². The summed E-state index contributed by atoms with van der Waals surface area (Å²) in [5.74, 6) is 0.810. The standard InChI is InChI=1S/C15H28N2O/c1-6-15(8-7-9-17-15)12(18)16-10-11-13(2,3)14(11,4)5/h11,17H,6-10H2,1-5H3,(H,16,18). The van der Waals surface area contributed by atoms with Crippen molar-refractivity contribution in [2.75, 3.05) is 13.1 Å². The molecule has 0 bridgehead atoms. The maximum Gasteiger partial charge on any atom is 0.240 e. The first-order valence-corrected chi connectivity index (χ1v) is 7.31. The SMILES string of the molecule is CCC1(C(=O)NCC2C(C)(C)C2(C)C)CCCN1. The minimum absolute atomic E-state index is 0.209. The van der Waals surface area contributed by atoms with E-state index in [0.717, 1.165) is 32.4 Å². The molecule has 18 heavy (non-hydrogen) atoms. The first-order valence-electron chi connectivity index (χ1n) is 7.31. The minimum Gasteiger partial charge on any atom is -0.354 e. The summed E-state index contributed by atoms with van der Waals surface area (Å²) in [4.78, 5) is 12.4. The van der Waals surface area contributed by atoms with E-state index in [1.165, 1.54) is 0 Å². The summed E-state index contributed by atoms with van der Waals surface area (Å²) in [5.41, 5.74) is 0.411. The van der Waals surface area contributed by atoms with Crippen LogP contribution < -0.4 is 10.6 Å². The van der Waals surface area contributed by atoms with Gasteiger partial charge in [0.1, 0.15) is 0 Å². The molecule has 2 fully saturated rings. The van der Waals surface area contributed by atoms with Crippen LogP contribution in [0.3, 0.4) is 0 Å². The van der Waals surface area contributed by atoms with Crippen molar-refractivity contribution in [3.63, 3.8) is 0 Å². The molecule has 1 aliphatic carbocycles. The molecule has 0 aromatic rings. The number of hydrogen-bond donors (Lipinski definition) is 2. The normalized spacial score (nSPS) is 33.4. The molecule has 0 radical (unpaired) electrons. The van der Waals surface area contributed by atoms with Gasteiger partial charge in [-0.05, 0) is 42.6 Å². The Kier molecular flexibility index (Phi) is 3.25. The Morgan fingerprint density at radius 3 is 2.28 bits per heavy atom. The van der Waals surface area contributed by atoms with Gasteiger partial charge in [-0.1, -0.05) is 34.6 Å². The van der Waals surface area contributed by atoms with E-state index in [2.05, 4.69) is 45.3 Å². The lowest BCUT2D eigenvalue weighted by Gasteiger charge is -2.26. The lowest BCUT2D eigenvalue weighted by molar-refractivity contribution is -0.127. The molecule has 2 N–H and O–H groups in total. The van der Waals surface area contributed by atoms with E-state index in [9.17, 15) is 4.79 Å². The molecule has 1 saturated carbocycles. The number of hydrogen-bond acceptors (Lipinski definition) is 2. The maximum atomic E-state index is 12.4. The molecular weight excluding hydrogens is 224 g/mol. The van der Waals surface area contributed by atoms with Crippen LogP contribution >= 0.6 is 0 Å². The first-order chi connectivity index (χ1) is 8.28. The van der Waals surface area contributed by atoms with Crippen molar-refractivity contribution in [2.24, 2.45) is 16.7 Å². The number of carbonyl (C=O) groups excluding carboxylic acids is 1. The van der Waals surface area contributed by atoms with E-state index in [1.54, 1.807) is 0 Å². The second-order valence-electron chi connectivity index (χ2n) is 7.17. The third kappa shape index (κ3) is 1.87. The zero-order valence-corrected chi connectivity index (χ0v) is 12.5. The zero-order valence-electron chi connectivity index (χ0n) is 12.5. The predicted octanol–water partition coefficient (Wildman–Crippen LogP) is 2.32. The fourth-order valence-electron chi connectivity index (χ4n) is 3.67. The summed E-state index contributed by atoms with van der Waals surface area (Å²) >= 11 is 0. The average Bonchev–Trinajstić information content (AvgIpc) is 2.72. The van der Waals surface area contributed by atoms with Crippen molar-refractivity contribution in [3.05, 3.63) is 0 Å². The quantitative estimate of drug-likeness (QED) is 0.806. The second-order valence-corrected chi connectivity index (χ2v) is 7.17. The fourth-order valence-corrected chi connectivity index (χ4v) is 3.67. The van der Waals surface area contributed by atoms with Crippen LogP contribution in [0, 0.1) is 16.7 Å². The molecule has 1 aliphatic heterocycles. The van der Waals surface area contributed by atoms with Crippen molar-refractivity contribution in [2.45, 2.75) is 59.4 Å². The average molecular weight is 252 g/mol. The molecule has 1 heterocycles. The van der Waals surface area contributed by atoms with Gasteiger partial charge >= 0.3 is 0 Å². The van der Waals surface area contributed by atoms with Crippen LogP contribution in [0.1, 0.15) is 53.9 Å². The lowest BCUT2D eigenvalue weighted by Crippen LogP contribution is -2.53. The highest BCUT2D eigenvalue weighted by molar-refractivity contribution is 5.86. The maximum absolute atomic E-state index is 12.4. The molecule has 1 saturated heterocycles. The van der Waals surface area contributed by atoms with Gasteiger partial charge < -0.3 is 10.6 Å². The Morgan fingerprint density at radius 1 is 1.28 bits per heavy atom. The summed E-state index contributed by atoms with van der Waals surface area (Å²) < 4.78 is 0. The zero-order chi connectivity index (χ0) is 13.6. The topological polar surface area (TPSA) is 41.1 Å². The summed E-state index contributed by atoms with van der Waals surface area (Å²) in [6, 6.07) is 0. The Bertz CT molecular complexity index is 326. The largest absolute Gasteiger partial charge is 0.354 e. The molecule has 0 spiro atoms. The molecule has 1 atom stereocenters. The summed E-state index contributed by atoms with van der Waals surface area (Å²) in [5, 5.41) is 6.58. The summed E-state index contributed by atoms with van der Waals surface area (Å²) in [6.45, 7) is 13.1. The number of amides is 1. The molecule has 1 unspecified atom stereocenters. The van der Waals surface area contributed by atoms with Gasteiger partial charge in [0.15, 0.2) is 0 Å². The van der Waals surface area contributed by atoms with Crippen LogP contribution in [0.5, 0.6) is 0 Å². The molecule has 3 nitrogen and oxygen atoms in total. The molecule has 3 heteroatoms. The summed E-state index contributed by atoms with van der Waals surface area (Å²) in [6.07, 6.45) is 2.98. The van der Waals surface area contributed by atoms with E-state index in [0.29, 0.717) is 16.7 Å². The Labute approximate surface area is 111 Å². The third-order valence-corrected chi connectivity index (χ3v) is 6.07. The molecule has 0 aromatic heterocycles.